The minimum atomic E-state index is -0.970. The molecular formula is C30H39FN2O4. The van der Waals surface area contributed by atoms with E-state index >= 15 is 0 Å². The van der Waals surface area contributed by atoms with Crippen molar-refractivity contribution in [2.24, 2.45) is 0 Å². The van der Waals surface area contributed by atoms with Crippen molar-refractivity contribution in [2.75, 3.05) is 19.7 Å². The fourth-order valence-corrected chi connectivity index (χ4v) is 5.56. The zero-order chi connectivity index (χ0) is 25.8. The van der Waals surface area contributed by atoms with Crippen LogP contribution in [0.4, 0.5) is 4.39 Å². The van der Waals surface area contributed by atoms with E-state index in [1.165, 1.54) is 41.9 Å². The number of nitrogens with zero attached hydrogens (tertiary/aromatic N) is 2. The number of hydrogen-bond acceptors (Lipinski definition) is 5. The summed E-state index contributed by atoms with van der Waals surface area (Å²) in [6.45, 7) is 4.13. The van der Waals surface area contributed by atoms with E-state index in [1.807, 2.05) is 4.90 Å². The molecule has 7 heteroatoms. The first-order chi connectivity index (χ1) is 17.9. The Kier molecular flexibility index (Phi) is 8.22. The fraction of sp³-hybridized carbons (Fsp3) is 0.600. The van der Waals surface area contributed by atoms with Crippen LogP contribution in [0.1, 0.15) is 86.0 Å². The Morgan fingerprint density at radius 1 is 1.22 bits per heavy atom. The molecule has 200 valence electrons. The Labute approximate surface area is 219 Å². The average molecular weight is 511 g/mol. The predicted octanol–water partition coefficient (Wildman–Crippen LogP) is 5.41. The van der Waals surface area contributed by atoms with Crippen LogP contribution < -0.4 is 0 Å². The van der Waals surface area contributed by atoms with E-state index in [9.17, 15) is 14.3 Å². The smallest absolute Gasteiger partial charge is 0.325 e. The van der Waals surface area contributed by atoms with E-state index in [0.29, 0.717) is 31.9 Å². The van der Waals surface area contributed by atoms with E-state index < -0.39 is 17.8 Å². The van der Waals surface area contributed by atoms with Gasteiger partial charge < -0.3 is 14.6 Å². The zero-order valence-electron chi connectivity index (χ0n) is 21.9. The van der Waals surface area contributed by atoms with Crippen molar-refractivity contribution in [3.8, 4) is 0 Å². The number of halogens is 1. The van der Waals surface area contributed by atoms with Crippen LogP contribution in [-0.2, 0) is 40.1 Å². The van der Waals surface area contributed by atoms with E-state index in [2.05, 4.69) is 19.1 Å². The van der Waals surface area contributed by atoms with E-state index in [4.69, 9.17) is 14.5 Å². The summed E-state index contributed by atoms with van der Waals surface area (Å²) in [5.41, 5.74) is 4.96. The number of aliphatic carboxylic acids is 1. The maximum Gasteiger partial charge on any atom is 0.325 e. The number of ether oxygens (including phenoxy) is 2. The lowest BCUT2D eigenvalue weighted by Crippen LogP contribution is -2.34. The van der Waals surface area contributed by atoms with E-state index in [0.717, 1.165) is 56.9 Å². The zero-order valence-corrected chi connectivity index (χ0v) is 21.9. The van der Waals surface area contributed by atoms with Gasteiger partial charge in [0.1, 0.15) is 11.9 Å². The maximum atomic E-state index is 14.2. The van der Waals surface area contributed by atoms with Crippen molar-refractivity contribution in [1.29, 1.82) is 0 Å². The fourth-order valence-electron chi connectivity index (χ4n) is 5.56. The number of hydrogen-bond donors (Lipinski definition) is 1. The summed E-state index contributed by atoms with van der Waals surface area (Å²) in [5, 5.41) is 10.1. The molecule has 2 atom stereocenters. The Hall–Kier alpha value is -2.35. The molecule has 1 aliphatic heterocycles. The van der Waals surface area contributed by atoms with Gasteiger partial charge in [-0.2, -0.15) is 0 Å². The van der Waals surface area contributed by atoms with Crippen LogP contribution >= 0.6 is 0 Å². The van der Waals surface area contributed by atoms with Gasteiger partial charge in [0.2, 0.25) is 0 Å². The van der Waals surface area contributed by atoms with Gasteiger partial charge in [0.05, 0.1) is 18.3 Å². The topological polar surface area (TPSA) is 71.9 Å². The molecule has 5 rings (SSSR count). The quantitative estimate of drug-likeness (QED) is 0.385. The summed E-state index contributed by atoms with van der Waals surface area (Å²) < 4.78 is 26.3. The molecule has 0 amide bonds. The molecule has 1 aromatic heterocycles. The molecule has 0 spiro atoms. The van der Waals surface area contributed by atoms with Crippen LogP contribution in [0.5, 0.6) is 0 Å². The molecule has 1 N–H and O–H groups in total. The highest BCUT2D eigenvalue weighted by molar-refractivity contribution is 5.76. The molecule has 37 heavy (non-hydrogen) atoms. The van der Waals surface area contributed by atoms with Gasteiger partial charge in [-0.05, 0) is 106 Å². The van der Waals surface area contributed by atoms with Gasteiger partial charge in [-0.1, -0.05) is 12.1 Å². The summed E-state index contributed by atoms with van der Waals surface area (Å²) in [5.74, 6) is -1.40. The minimum absolute atomic E-state index is 0.0117. The SMILES string of the molecule is CC1(OCc2ccc(F)cc2C(C(=O)O)N2CC[C@@H](OCCCCc3ccc4c(n3)CCCC4)C2)CC1. The van der Waals surface area contributed by atoms with Gasteiger partial charge in [0.25, 0.3) is 0 Å². The second-order valence-electron chi connectivity index (χ2n) is 11.2. The third-order valence-corrected chi connectivity index (χ3v) is 8.12. The Balaban J connectivity index is 1.11. The van der Waals surface area contributed by atoms with Crippen molar-refractivity contribution in [2.45, 2.75) is 95.5 Å². The average Bonchev–Trinajstić information content (AvgIpc) is 3.45. The van der Waals surface area contributed by atoms with Gasteiger partial charge in [0.15, 0.2) is 0 Å². The lowest BCUT2D eigenvalue weighted by atomic mass is 9.95. The number of pyridine rings is 1. The monoisotopic (exact) mass is 510 g/mol. The number of carbonyl (C=O) groups is 1. The molecule has 2 aliphatic carbocycles. The number of rotatable bonds is 12. The summed E-state index contributed by atoms with van der Waals surface area (Å²) in [6.07, 6.45) is 10.5. The lowest BCUT2D eigenvalue weighted by molar-refractivity contribution is -0.143. The summed E-state index contributed by atoms with van der Waals surface area (Å²) in [6, 6.07) is 7.91. The molecule has 1 saturated heterocycles. The first kappa shape index (κ1) is 26.3. The molecule has 0 radical (unpaired) electrons. The van der Waals surface area contributed by atoms with Crippen molar-refractivity contribution in [1.82, 2.24) is 9.88 Å². The van der Waals surface area contributed by atoms with Crippen molar-refractivity contribution >= 4 is 5.97 Å². The first-order valence-corrected chi connectivity index (χ1v) is 13.9. The number of likely N-dealkylation sites (tertiary alicyclic amines) is 1. The minimum Gasteiger partial charge on any atom is -0.480 e. The second kappa shape index (κ2) is 11.6. The van der Waals surface area contributed by atoms with E-state index in [1.54, 1.807) is 6.07 Å². The number of fused-ring (bicyclic) bond motifs is 1. The largest absolute Gasteiger partial charge is 0.480 e. The molecule has 3 aliphatic rings. The highest BCUT2D eigenvalue weighted by Crippen LogP contribution is 2.40. The molecule has 6 nitrogen and oxygen atoms in total. The van der Waals surface area contributed by atoms with Gasteiger partial charge in [-0.3, -0.25) is 14.7 Å². The predicted molar refractivity (Wildman–Crippen MR) is 139 cm³/mol. The number of carboxylic acid groups (broad SMARTS) is 1. The van der Waals surface area contributed by atoms with Crippen LogP contribution in [-0.4, -0.2) is 52.4 Å². The molecule has 1 saturated carbocycles. The molecule has 1 unspecified atom stereocenters. The highest BCUT2D eigenvalue weighted by atomic mass is 19.1. The number of aromatic nitrogens is 1. The standard InChI is InChI=1S/C30H39FN2O4/c1-30(14-15-30)37-20-22-9-11-23(31)18-26(22)28(29(34)35)33-16-13-25(19-33)36-17-5-4-7-24-12-10-21-6-2-3-8-27(21)32-24/h9-12,18,25,28H,2-8,13-17,19-20H2,1H3,(H,34,35)/t25-,28?/m1/s1. The summed E-state index contributed by atoms with van der Waals surface area (Å²) >= 11 is 0. The molecule has 2 heterocycles. The summed E-state index contributed by atoms with van der Waals surface area (Å²) in [4.78, 5) is 19.1. The Morgan fingerprint density at radius 2 is 2.05 bits per heavy atom. The number of carboxylic acids is 1. The Bertz CT molecular complexity index is 1100. The first-order valence-electron chi connectivity index (χ1n) is 13.9. The molecular weight excluding hydrogens is 471 g/mol. The van der Waals surface area contributed by atoms with Crippen molar-refractivity contribution in [3.63, 3.8) is 0 Å². The molecule has 2 fully saturated rings. The van der Waals surface area contributed by atoms with Crippen LogP contribution in [0.3, 0.4) is 0 Å². The third kappa shape index (κ3) is 6.75. The van der Waals surface area contributed by atoms with Gasteiger partial charge >= 0.3 is 5.97 Å². The third-order valence-electron chi connectivity index (χ3n) is 8.12. The molecule has 1 aromatic carbocycles. The number of benzene rings is 1. The maximum absolute atomic E-state index is 14.2. The van der Waals surface area contributed by atoms with Gasteiger partial charge in [0, 0.05) is 31.1 Å². The van der Waals surface area contributed by atoms with Crippen molar-refractivity contribution < 1.29 is 23.8 Å². The summed E-state index contributed by atoms with van der Waals surface area (Å²) in [7, 11) is 0. The normalized spacial score (nSPS) is 21.5. The molecule has 2 aromatic rings. The number of aryl methyl sites for hydroxylation is 3. The highest BCUT2D eigenvalue weighted by Gasteiger charge is 2.39. The second-order valence-corrected chi connectivity index (χ2v) is 11.2. The van der Waals surface area contributed by atoms with E-state index in [-0.39, 0.29) is 11.7 Å². The molecule has 0 bridgehead atoms. The van der Waals surface area contributed by atoms with Crippen LogP contribution in [0.15, 0.2) is 30.3 Å². The van der Waals surface area contributed by atoms with Gasteiger partial charge in [-0.15, -0.1) is 0 Å². The van der Waals surface area contributed by atoms with Crippen LogP contribution in [0, 0.1) is 5.82 Å². The number of unbranched alkanes of at least 4 members (excludes halogenated alkanes) is 1. The Morgan fingerprint density at radius 3 is 2.86 bits per heavy atom. The van der Waals surface area contributed by atoms with Crippen LogP contribution in [0.25, 0.3) is 0 Å². The van der Waals surface area contributed by atoms with Crippen LogP contribution in [0.2, 0.25) is 0 Å². The van der Waals surface area contributed by atoms with Crippen molar-refractivity contribution in [3.05, 3.63) is 64.2 Å². The van der Waals surface area contributed by atoms with Gasteiger partial charge in [-0.25, -0.2) is 4.39 Å². The lowest BCUT2D eigenvalue weighted by Gasteiger charge is -2.27.